The number of benzene rings is 1. The predicted molar refractivity (Wildman–Crippen MR) is 67.1 cm³/mol. The normalized spacial score (nSPS) is 12.7. The molecule has 0 aliphatic heterocycles. The summed E-state index contributed by atoms with van der Waals surface area (Å²) >= 11 is 3.49. The van der Waals surface area contributed by atoms with Crippen LogP contribution in [0, 0.1) is 0 Å². The molecule has 0 amide bonds. The van der Waals surface area contributed by atoms with E-state index in [9.17, 15) is 0 Å². The van der Waals surface area contributed by atoms with Gasteiger partial charge in [0, 0.05) is 24.2 Å². The molecule has 0 radical (unpaired) electrons. The highest BCUT2D eigenvalue weighted by atomic mass is 79.9. The molecule has 0 saturated carbocycles. The lowest BCUT2D eigenvalue weighted by Gasteiger charge is -2.16. The van der Waals surface area contributed by atoms with Gasteiger partial charge in [0.05, 0.1) is 0 Å². The number of hydrogen-bond donors (Lipinski definition) is 1. The van der Waals surface area contributed by atoms with Gasteiger partial charge in [0.15, 0.2) is 0 Å². The van der Waals surface area contributed by atoms with E-state index in [0.29, 0.717) is 6.04 Å². The summed E-state index contributed by atoms with van der Waals surface area (Å²) in [5.41, 5.74) is 1.32. The molecule has 2 nitrogen and oxygen atoms in total. The van der Waals surface area contributed by atoms with E-state index >= 15 is 0 Å². The number of methoxy groups -OCH3 is 1. The van der Waals surface area contributed by atoms with Crippen LogP contribution in [0.4, 0.5) is 0 Å². The fourth-order valence-electron chi connectivity index (χ4n) is 1.63. The van der Waals surface area contributed by atoms with E-state index in [2.05, 4.69) is 39.4 Å². The maximum atomic E-state index is 5.06. The molecule has 0 fully saturated rings. The Kier molecular flexibility index (Phi) is 5.91. The van der Waals surface area contributed by atoms with Crippen molar-refractivity contribution in [1.29, 1.82) is 0 Å². The Balaban J connectivity index is 2.57. The SMILES string of the molecule is CNC(CCCOC)c1cccc(Br)c1. The molecule has 3 heteroatoms. The molecule has 0 saturated heterocycles. The van der Waals surface area contributed by atoms with E-state index in [1.54, 1.807) is 7.11 Å². The number of rotatable bonds is 6. The van der Waals surface area contributed by atoms with Crippen LogP contribution in [0.5, 0.6) is 0 Å². The van der Waals surface area contributed by atoms with E-state index in [1.807, 2.05) is 13.1 Å². The highest BCUT2D eigenvalue weighted by Gasteiger charge is 2.08. The largest absolute Gasteiger partial charge is 0.385 e. The van der Waals surface area contributed by atoms with Gasteiger partial charge in [-0.2, -0.15) is 0 Å². The van der Waals surface area contributed by atoms with Crippen molar-refractivity contribution >= 4 is 15.9 Å². The Bertz CT molecular complexity index is 291. The van der Waals surface area contributed by atoms with Crippen molar-refractivity contribution in [1.82, 2.24) is 5.32 Å². The van der Waals surface area contributed by atoms with Crippen LogP contribution in [-0.2, 0) is 4.74 Å². The molecule has 0 aromatic heterocycles. The van der Waals surface area contributed by atoms with Gasteiger partial charge in [0.25, 0.3) is 0 Å². The third-order valence-corrected chi connectivity index (χ3v) is 2.93. The molecule has 1 aromatic carbocycles. The van der Waals surface area contributed by atoms with E-state index in [4.69, 9.17) is 4.74 Å². The lowest BCUT2D eigenvalue weighted by atomic mass is 10.0. The van der Waals surface area contributed by atoms with Crippen LogP contribution in [0.3, 0.4) is 0 Å². The molecule has 0 aliphatic rings. The Hall–Kier alpha value is -0.380. The summed E-state index contributed by atoms with van der Waals surface area (Å²) in [5, 5.41) is 3.33. The maximum absolute atomic E-state index is 5.06. The smallest absolute Gasteiger partial charge is 0.0462 e. The van der Waals surface area contributed by atoms with Gasteiger partial charge in [-0.3, -0.25) is 0 Å². The molecular formula is C12H18BrNO. The van der Waals surface area contributed by atoms with Gasteiger partial charge < -0.3 is 10.1 Å². The highest BCUT2D eigenvalue weighted by Crippen LogP contribution is 2.21. The third kappa shape index (κ3) is 4.33. The van der Waals surface area contributed by atoms with Gasteiger partial charge in [0.2, 0.25) is 0 Å². The molecular weight excluding hydrogens is 254 g/mol. The lowest BCUT2D eigenvalue weighted by molar-refractivity contribution is 0.189. The van der Waals surface area contributed by atoms with E-state index < -0.39 is 0 Å². The second-order valence-corrected chi connectivity index (χ2v) is 4.45. The molecule has 0 spiro atoms. The van der Waals surface area contributed by atoms with Crippen LogP contribution >= 0.6 is 15.9 Å². The first-order valence-corrected chi connectivity index (χ1v) is 5.99. The van der Waals surface area contributed by atoms with E-state index in [-0.39, 0.29) is 0 Å². The average molecular weight is 272 g/mol. The molecule has 0 bridgehead atoms. The van der Waals surface area contributed by atoms with Crippen molar-refractivity contribution in [3.63, 3.8) is 0 Å². The average Bonchev–Trinajstić information content (AvgIpc) is 2.24. The zero-order chi connectivity index (χ0) is 11.1. The number of halogens is 1. The van der Waals surface area contributed by atoms with E-state index in [1.165, 1.54) is 5.56 Å². The molecule has 1 aromatic rings. The first-order valence-electron chi connectivity index (χ1n) is 5.19. The minimum absolute atomic E-state index is 0.414. The van der Waals surface area contributed by atoms with Gasteiger partial charge in [-0.05, 0) is 37.6 Å². The number of hydrogen-bond acceptors (Lipinski definition) is 2. The van der Waals surface area contributed by atoms with Crippen molar-refractivity contribution < 1.29 is 4.74 Å². The second kappa shape index (κ2) is 6.99. The number of nitrogens with one attached hydrogen (secondary N) is 1. The molecule has 0 heterocycles. The fraction of sp³-hybridized carbons (Fsp3) is 0.500. The molecule has 0 aliphatic carbocycles. The molecule has 1 N–H and O–H groups in total. The number of ether oxygens (including phenoxy) is 1. The van der Waals surface area contributed by atoms with Crippen molar-refractivity contribution in [3.05, 3.63) is 34.3 Å². The standard InChI is InChI=1S/C12H18BrNO/c1-14-12(7-4-8-15-2)10-5-3-6-11(13)9-10/h3,5-6,9,12,14H,4,7-8H2,1-2H3. The maximum Gasteiger partial charge on any atom is 0.0462 e. The summed E-state index contributed by atoms with van der Waals surface area (Å²) in [5.74, 6) is 0. The summed E-state index contributed by atoms with van der Waals surface area (Å²) < 4.78 is 6.19. The summed E-state index contributed by atoms with van der Waals surface area (Å²) in [6, 6.07) is 8.84. The Morgan fingerprint density at radius 1 is 1.47 bits per heavy atom. The van der Waals surface area contributed by atoms with Crippen LogP contribution in [0.1, 0.15) is 24.4 Å². The van der Waals surface area contributed by atoms with Crippen LogP contribution in [-0.4, -0.2) is 20.8 Å². The lowest BCUT2D eigenvalue weighted by Crippen LogP contribution is -2.16. The minimum Gasteiger partial charge on any atom is -0.385 e. The summed E-state index contributed by atoms with van der Waals surface area (Å²) in [7, 11) is 3.74. The Labute approximate surface area is 100 Å². The van der Waals surface area contributed by atoms with Crippen molar-refractivity contribution in [2.24, 2.45) is 0 Å². The van der Waals surface area contributed by atoms with Crippen LogP contribution < -0.4 is 5.32 Å². The van der Waals surface area contributed by atoms with Gasteiger partial charge >= 0.3 is 0 Å². The zero-order valence-corrected chi connectivity index (χ0v) is 10.9. The summed E-state index contributed by atoms with van der Waals surface area (Å²) in [4.78, 5) is 0. The highest BCUT2D eigenvalue weighted by molar-refractivity contribution is 9.10. The van der Waals surface area contributed by atoms with Crippen LogP contribution in [0.15, 0.2) is 28.7 Å². The molecule has 84 valence electrons. The zero-order valence-electron chi connectivity index (χ0n) is 9.29. The van der Waals surface area contributed by atoms with Gasteiger partial charge in [-0.1, -0.05) is 28.1 Å². The first kappa shape index (κ1) is 12.7. The Morgan fingerprint density at radius 3 is 2.87 bits per heavy atom. The van der Waals surface area contributed by atoms with Crippen molar-refractivity contribution in [2.75, 3.05) is 20.8 Å². The molecule has 1 atom stereocenters. The molecule has 1 rings (SSSR count). The topological polar surface area (TPSA) is 21.3 Å². The van der Waals surface area contributed by atoms with Gasteiger partial charge in [-0.25, -0.2) is 0 Å². The van der Waals surface area contributed by atoms with Crippen molar-refractivity contribution in [2.45, 2.75) is 18.9 Å². The minimum atomic E-state index is 0.414. The Morgan fingerprint density at radius 2 is 2.27 bits per heavy atom. The van der Waals surface area contributed by atoms with E-state index in [0.717, 1.165) is 23.9 Å². The first-order chi connectivity index (χ1) is 7.27. The fourth-order valence-corrected chi connectivity index (χ4v) is 2.05. The molecule has 15 heavy (non-hydrogen) atoms. The van der Waals surface area contributed by atoms with Crippen LogP contribution in [0.2, 0.25) is 0 Å². The van der Waals surface area contributed by atoms with Gasteiger partial charge in [0.1, 0.15) is 0 Å². The van der Waals surface area contributed by atoms with Crippen molar-refractivity contribution in [3.8, 4) is 0 Å². The second-order valence-electron chi connectivity index (χ2n) is 3.53. The predicted octanol–water partition coefficient (Wildman–Crippen LogP) is 3.14. The molecule has 1 unspecified atom stereocenters. The van der Waals surface area contributed by atoms with Crippen LogP contribution in [0.25, 0.3) is 0 Å². The summed E-state index contributed by atoms with van der Waals surface area (Å²) in [6.07, 6.45) is 2.18. The third-order valence-electron chi connectivity index (χ3n) is 2.44. The van der Waals surface area contributed by atoms with Gasteiger partial charge in [-0.15, -0.1) is 0 Å². The summed E-state index contributed by atoms with van der Waals surface area (Å²) in [6.45, 7) is 0.826. The quantitative estimate of drug-likeness (QED) is 0.803. The monoisotopic (exact) mass is 271 g/mol.